The lowest BCUT2D eigenvalue weighted by Crippen LogP contribution is -2.23. The summed E-state index contributed by atoms with van der Waals surface area (Å²) in [6, 6.07) is 18.1. The van der Waals surface area contributed by atoms with E-state index in [0.717, 1.165) is 0 Å². The van der Waals surface area contributed by atoms with Gasteiger partial charge in [-0.2, -0.15) is 0 Å². The molecule has 5 nitrogen and oxygen atoms in total. The Bertz CT molecular complexity index is 890. The Kier molecular flexibility index (Phi) is 4.89. The van der Waals surface area contributed by atoms with Gasteiger partial charge < -0.3 is 15.6 Å². The Hall–Kier alpha value is -3.41. The number of benzene rings is 2. The van der Waals surface area contributed by atoms with Crippen LogP contribution in [0, 0.1) is 5.82 Å². The van der Waals surface area contributed by atoms with Crippen LogP contribution in [0.15, 0.2) is 66.7 Å². The summed E-state index contributed by atoms with van der Waals surface area (Å²) in [7, 11) is 0. The number of nitrogens with one attached hydrogen (secondary N) is 3. The summed E-state index contributed by atoms with van der Waals surface area (Å²) in [6.07, 6.45) is 0. The van der Waals surface area contributed by atoms with Crippen molar-refractivity contribution in [2.24, 2.45) is 0 Å². The van der Waals surface area contributed by atoms with Crippen LogP contribution in [0.2, 0.25) is 0 Å². The molecule has 2 amide bonds. The Balaban J connectivity index is 1.60. The molecule has 0 aliphatic carbocycles. The van der Waals surface area contributed by atoms with E-state index < -0.39 is 0 Å². The second kappa shape index (κ2) is 7.44. The van der Waals surface area contributed by atoms with Gasteiger partial charge in [0.15, 0.2) is 0 Å². The highest BCUT2D eigenvalue weighted by Crippen LogP contribution is 2.11. The number of hydrogen-bond donors (Lipinski definition) is 3. The Morgan fingerprint density at radius 3 is 2.36 bits per heavy atom. The fourth-order valence-corrected chi connectivity index (χ4v) is 2.30. The van der Waals surface area contributed by atoms with Crippen LogP contribution in [0.5, 0.6) is 0 Å². The third-order valence-electron chi connectivity index (χ3n) is 3.61. The molecule has 0 radical (unpaired) electrons. The van der Waals surface area contributed by atoms with Crippen LogP contribution in [0.4, 0.5) is 10.2 Å². The zero-order chi connectivity index (χ0) is 17.6. The van der Waals surface area contributed by atoms with Crippen LogP contribution >= 0.6 is 0 Å². The van der Waals surface area contributed by atoms with Crippen molar-refractivity contribution >= 4 is 17.6 Å². The highest BCUT2D eigenvalue weighted by atomic mass is 19.1. The van der Waals surface area contributed by atoms with Gasteiger partial charge in [0.05, 0.1) is 0 Å². The highest BCUT2D eigenvalue weighted by molar-refractivity contribution is 6.04. The van der Waals surface area contributed by atoms with Gasteiger partial charge in [-0.05, 0) is 30.3 Å². The lowest BCUT2D eigenvalue weighted by atomic mass is 10.2. The molecule has 0 fully saturated rings. The number of carbonyl (C=O) groups excluding carboxylic acids is 2. The second-order valence-corrected chi connectivity index (χ2v) is 5.38. The van der Waals surface area contributed by atoms with Crippen molar-refractivity contribution in [3.05, 3.63) is 89.4 Å². The van der Waals surface area contributed by atoms with E-state index in [0.29, 0.717) is 16.9 Å². The topological polar surface area (TPSA) is 74.0 Å². The highest BCUT2D eigenvalue weighted by Gasteiger charge is 2.11. The van der Waals surface area contributed by atoms with E-state index in [9.17, 15) is 14.0 Å². The molecule has 0 unspecified atom stereocenters. The van der Waals surface area contributed by atoms with Crippen LogP contribution in [0.1, 0.15) is 26.4 Å². The minimum Gasteiger partial charge on any atom is -0.347 e. The van der Waals surface area contributed by atoms with E-state index in [-0.39, 0.29) is 29.9 Å². The average Bonchev–Trinajstić information content (AvgIpc) is 3.10. The predicted octanol–water partition coefficient (Wildman–Crippen LogP) is 3.34. The molecular formula is C19H16FN3O2. The monoisotopic (exact) mass is 337 g/mol. The molecule has 0 atom stereocenters. The molecule has 126 valence electrons. The van der Waals surface area contributed by atoms with Crippen molar-refractivity contribution in [3.63, 3.8) is 0 Å². The Morgan fingerprint density at radius 2 is 1.60 bits per heavy atom. The Labute approximate surface area is 143 Å². The van der Waals surface area contributed by atoms with Crippen molar-refractivity contribution in [1.82, 2.24) is 10.3 Å². The maximum Gasteiger partial charge on any atom is 0.268 e. The largest absolute Gasteiger partial charge is 0.347 e. The normalized spacial score (nSPS) is 10.3. The second-order valence-electron chi connectivity index (χ2n) is 5.38. The van der Waals surface area contributed by atoms with Gasteiger partial charge in [-0.25, -0.2) is 4.39 Å². The van der Waals surface area contributed by atoms with E-state index in [1.807, 2.05) is 6.07 Å². The van der Waals surface area contributed by atoms with Gasteiger partial charge in [0.25, 0.3) is 11.8 Å². The first kappa shape index (κ1) is 16.4. The van der Waals surface area contributed by atoms with Gasteiger partial charge in [0.2, 0.25) is 0 Å². The first-order valence-corrected chi connectivity index (χ1v) is 7.70. The van der Waals surface area contributed by atoms with Gasteiger partial charge in [-0.1, -0.05) is 36.4 Å². The number of rotatable bonds is 5. The molecule has 2 aromatic carbocycles. The van der Waals surface area contributed by atoms with Crippen molar-refractivity contribution < 1.29 is 14.0 Å². The first-order valence-electron chi connectivity index (χ1n) is 7.70. The minimum absolute atomic E-state index is 0.0796. The maximum atomic E-state index is 13.5. The van der Waals surface area contributed by atoms with Gasteiger partial charge in [0, 0.05) is 17.7 Å². The van der Waals surface area contributed by atoms with Crippen molar-refractivity contribution in [1.29, 1.82) is 0 Å². The molecule has 0 aliphatic heterocycles. The van der Waals surface area contributed by atoms with Crippen LogP contribution in [-0.2, 0) is 6.54 Å². The predicted molar refractivity (Wildman–Crippen MR) is 92.8 cm³/mol. The molecule has 1 aromatic heterocycles. The van der Waals surface area contributed by atoms with Crippen molar-refractivity contribution in [2.75, 3.05) is 5.32 Å². The summed E-state index contributed by atoms with van der Waals surface area (Å²) in [5.41, 5.74) is 1.20. The number of aromatic nitrogens is 1. The fourth-order valence-electron chi connectivity index (χ4n) is 2.30. The summed E-state index contributed by atoms with van der Waals surface area (Å²) in [6.45, 7) is 0.0796. The van der Waals surface area contributed by atoms with E-state index in [1.54, 1.807) is 54.6 Å². The molecule has 1 heterocycles. The van der Waals surface area contributed by atoms with Gasteiger partial charge in [-0.3, -0.25) is 9.59 Å². The molecule has 6 heteroatoms. The summed E-state index contributed by atoms with van der Waals surface area (Å²) in [5, 5.41) is 5.31. The van der Waals surface area contributed by atoms with E-state index in [4.69, 9.17) is 0 Å². The Morgan fingerprint density at radius 1 is 0.880 bits per heavy atom. The van der Waals surface area contributed by atoms with Crippen molar-refractivity contribution in [2.45, 2.75) is 6.54 Å². The third-order valence-corrected chi connectivity index (χ3v) is 3.61. The SMILES string of the molecule is O=C(Nc1ccc(C(=O)NCc2ccccc2F)[nH]1)c1ccccc1. The molecule has 0 bridgehead atoms. The lowest BCUT2D eigenvalue weighted by Gasteiger charge is -2.05. The maximum absolute atomic E-state index is 13.5. The van der Waals surface area contributed by atoms with E-state index >= 15 is 0 Å². The smallest absolute Gasteiger partial charge is 0.268 e. The van der Waals surface area contributed by atoms with E-state index in [1.165, 1.54) is 6.07 Å². The molecule has 25 heavy (non-hydrogen) atoms. The first-order chi connectivity index (χ1) is 12.1. The van der Waals surface area contributed by atoms with E-state index in [2.05, 4.69) is 15.6 Å². The number of carbonyl (C=O) groups is 2. The number of amides is 2. The number of anilines is 1. The molecule has 0 saturated heterocycles. The van der Waals surface area contributed by atoms with Crippen LogP contribution in [0.3, 0.4) is 0 Å². The molecular weight excluding hydrogens is 321 g/mol. The molecule has 3 N–H and O–H groups in total. The van der Waals surface area contributed by atoms with Crippen LogP contribution < -0.4 is 10.6 Å². The zero-order valence-electron chi connectivity index (χ0n) is 13.3. The summed E-state index contributed by atoms with van der Waals surface area (Å²) >= 11 is 0. The lowest BCUT2D eigenvalue weighted by molar-refractivity contribution is 0.0944. The average molecular weight is 337 g/mol. The molecule has 3 rings (SSSR count). The third kappa shape index (κ3) is 4.11. The summed E-state index contributed by atoms with van der Waals surface area (Å²) in [5.74, 6) is -0.626. The molecule has 0 aliphatic rings. The van der Waals surface area contributed by atoms with Crippen LogP contribution in [0.25, 0.3) is 0 Å². The molecule has 3 aromatic rings. The van der Waals surface area contributed by atoms with Gasteiger partial charge >= 0.3 is 0 Å². The number of H-pyrrole nitrogens is 1. The van der Waals surface area contributed by atoms with Gasteiger partial charge in [0.1, 0.15) is 17.3 Å². The van der Waals surface area contributed by atoms with Crippen molar-refractivity contribution in [3.8, 4) is 0 Å². The number of hydrogen-bond acceptors (Lipinski definition) is 2. The zero-order valence-corrected chi connectivity index (χ0v) is 13.3. The minimum atomic E-state index is -0.386. The summed E-state index contributed by atoms with van der Waals surface area (Å²) < 4.78 is 13.5. The fraction of sp³-hybridized carbons (Fsp3) is 0.0526. The number of aromatic amines is 1. The van der Waals surface area contributed by atoms with Gasteiger partial charge in [-0.15, -0.1) is 0 Å². The van der Waals surface area contributed by atoms with Crippen LogP contribution in [-0.4, -0.2) is 16.8 Å². The quantitative estimate of drug-likeness (QED) is 0.668. The summed E-state index contributed by atoms with van der Waals surface area (Å²) in [4.78, 5) is 27.0. The number of halogens is 1. The molecule has 0 spiro atoms. The molecule has 0 saturated carbocycles. The standard InChI is InChI=1S/C19H16FN3O2/c20-15-9-5-4-8-14(15)12-21-19(25)16-10-11-17(22-16)23-18(24)13-6-2-1-3-7-13/h1-11,22H,12H2,(H,21,25)(H,23,24).